The molecular weight excluding hydrogens is 135 g/mol. The molecule has 1 heterocycles. The van der Waals surface area contributed by atoms with Crippen molar-refractivity contribution in [2.75, 3.05) is 19.8 Å². The number of rotatable bonds is 1. The molecule has 10 heavy (non-hydrogen) atoms. The van der Waals surface area contributed by atoms with Crippen LogP contribution in [0.5, 0.6) is 0 Å². The van der Waals surface area contributed by atoms with E-state index in [4.69, 9.17) is 9.84 Å². The van der Waals surface area contributed by atoms with Gasteiger partial charge < -0.3 is 9.84 Å². The Balaban J connectivity index is 2.35. The summed E-state index contributed by atoms with van der Waals surface area (Å²) in [7, 11) is 0. The van der Waals surface area contributed by atoms with Crippen molar-refractivity contribution >= 4 is 0 Å². The van der Waals surface area contributed by atoms with Gasteiger partial charge in [-0.3, -0.25) is 0 Å². The van der Waals surface area contributed by atoms with Crippen molar-refractivity contribution in [1.29, 1.82) is 0 Å². The monoisotopic (exact) mass is 148 g/mol. The fourth-order valence-electron chi connectivity index (χ4n) is 1.15. The number of aliphatic hydroxyl groups excluding tert-OH is 1. The van der Waals surface area contributed by atoms with Crippen LogP contribution < -0.4 is 0 Å². The first kappa shape index (κ1) is 7.95. The van der Waals surface area contributed by atoms with Crippen molar-refractivity contribution in [2.45, 2.75) is 19.0 Å². The normalized spacial score (nSPS) is 35.4. The molecule has 1 rings (SSSR count). The molecule has 1 fully saturated rings. The molecule has 0 aromatic rings. The van der Waals surface area contributed by atoms with Gasteiger partial charge in [0, 0.05) is 32.2 Å². The van der Waals surface area contributed by atoms with E-state index in [-0.39, 0.29) is 12.5 Å². The lowest BCUT2D eigenvalue weighted by Crippen LogP contribution is -2.19. The highest BCUT2D eigenvalue weighted by molar-refractivity contribution is 4.70. The molecule has 1 aliphatic heterocycles. The van der Waals surface area contributed by atoms with Crippen LogP contribution in [0, 0.1) is 5.92 Å². The minimum atomic E-state index is -0.868. The first-order valence-corrected chi connectivity index (χ1v) is 3.67. The fraction of sp³-hybridized carbons (Fsp3) is 1.00. The lowest BCUT2D eigenvalue weighted by atomic mass is 10.0. The van der Waals surface area contributed by atoms with Crippen molar-refractivity contribution < 1.29 is 14.2 Å². The van der Waals surface area contributed by atoms with E-state index in [1.165, 1.54) is 0 Å². The number of alkyl halides is 1. The van der Waals surface area contributed by atoms with E-state index in [2.05, 4.69) is 0 Å². The van der Waals surface area contributed by atoms with Gasteiger partial charge in [0.05, 0.1) is 0 Å². The standard InChI is InChI=1S/C7H13FO2/c8-7-2-4-10-3-1-6(7)5-9/h6-7,9H,1-5H2/t6-,7+/m0/s1. The number of hydrogen-bond donors (Lipinski definition) is 1. The van der Waals surface area contributed by atoms with Crippen LogP contribution in [0.2, 0.25) is 0 Å². The zero-order valence-electron chi connectivity index (χ0n) is 5.92. The van der Waals surface area contributed by atoms with Crippen LogP contribution in [0.3, 0.4) is 0 Å². The van der Waals surface area contributed by atoms with E-state index in [9.17, 15) is 4.39 Å². The molecule has 0 amide bonds. The zero-order valence-corrected chi connectivity index (χ0v) is 5.92. The van der Waals surface area contributed by atoms with Gasteiger partial charge in [0.25, 0.3) is 0 Å². The summed E-state index contributed by atoms with van der Waals surface area (Å²) in [6.07, 6.45) is 0.218. The maximum atomic E-state index is 12.9. The second kappa shape index (κ2) is 3.88. The molecule has 60 valence electrons. The Morgan fingerprint density at radius 2 is 2.10 bits per heavy atom. The second-order valence-electron chi connectivity index (χ2n) is 2.65. The maximum absolute atomic E-state index is 12.9. The summed E-state index contributed by atoms with van der Waals surface area (Å²) in [6.45, 7) is 1.04. The molecule has 3 heteroatoms. The average molecular weight is 148 g/mol. The molecule has 0 spiro atoms. The summed E-state index contributed by atoms with van der Waals surface area (Å²) in [5.41, 5.74) is 0. The molecule has 2 atom stereocenters. The summed E-state index contributed by atoms with van der Waals surface area (Å²) in [6, 6.07) is 0. The predicted molar refractivity (Wildman–Crippen MR) is 35.5 cm³/mol. The van der Waals surface area contributed by atoms with E-state index in [0.717, 1.165) is 0 Å². The molecule has 0 unspecified atom stereocenters. The smallest absolute Gasteiger partial charge is 0.107 e. The minimum Gasteiger partial charge on any atom is -0.396 e. The van der Waals surface area contributed by atoms with Crippen molar-refractivity contribution in [1.82, 2.24) is 0 Å². The molecule has 1 saturated heterocycles. The molecule has 0 aliphatic carbocycles. The van der Waals surface area contributed by atoms with Crippen LogP contribution in [-0.2, 0) is 4.74 Å². The van der Waals surface area contributed by atoms with Crippen molar-refractivity contribution in [2.24, 2.45) is 5.92 Å². The lowest BCUT2D eigenvalue weighted by Gasteiger charge is -2.13. The highest BCUT2D eigenvalue weighted by Gasteiger charge is 2.22. The van der Waals surface area contributed by atoms with Gasteiger partial charge in [-0.1, -0.05) is 0 Å². The molecular formula is C7H13FO2. The van der Waals surface area contributed by atoms with Gasteiger partial charge in [0.1, 0.15) is 6.17 Å². The first-order chi connectivity index (χ1) is 4.84. The summed E-state index contributed by atoms with van der Waals surface area (Å²) in [4.78, 5) is 0. The van der Waals surface area contributed by atoms with Crippen LogP contribution in [0.1, 0.15) is 12.8 Å². The van der Waals surface area contributed by atoms with Gasteiger partial charge in [0.2, 0.25) is 0 Å². The second-order valence-corrected chi connectivity index (χ2v) is 2.65. The SMILES string of the molecule is OC[C@@H]1CCOCC[C@H]1F. The molecule has 2 nitrogen and oxygen atoms in total. The van der Waals surface area contributed by atoms with Crippen molar-refractivity contribution in [3.63, 3.8) is 0 Å². The summed E-state index contributed by atoms with van der Waals surface area (Å²) in [5, 5.41) is 8.69. The molecule has 1 N–H and O–H groups in total. The molecule has 1 aliphatic rings. The maximum Gasteiger partial charge on any atom is 0.107 e. The third-order valence-corrected chi connectivity index (χ3v) is 1.92. The van der Waals surface area contributed by atoms with Crippen LogP contribution in [-0.4, -0.2) is 31.1 Å². The Kier molecular flexibility index (Phi) is 3.09. The van der Waals surface area contributed by atoms with E-state index < -0.39 is 6.17 Å². The largest absolute Gasteiger partial charge is 0.396 e. The topological polar surface area (TPSA) is 29.5 Å². The number of hydrogen-bond acceptors (Lipinski definition) is 2. The number of halogens is 1. The highest BCUT2D eigenvalue weighted by Crippen LogP contribution is 2.18. The van der Waals surface area contributed by atoms with Gasteiger partial charge >= 0.3 is 0 Å². The Labute approximate surface area is 60.0 Å². The Morgan fingerprint density at radius 1 is 1.40 bits per heavy atom. The third kappa shape index (κ3) is 1.92. The van der Waals surface area contributed by atoms with Crippen LogP contribution in [0.25, 0.3) is 0 Å². The van der Waals surface area contributed by atoms with Crippen LogP contribution in [0.15, 0.2) is 0 Å². The summed E-state index contributed by atoms with van der Waals surface area (Å²) >= 11 is 0. The van der Waals surface area contributed by atoms with Crippen LogP contribution >= 0.6 is 0 Å². The highest BCUT2D eigenvalue weighted by atomic mass is 19.1. The zero-order chi connectivity index (χ0) is 7.40. The van der Waals surface area contributed by atoms with Gasteiger partial charge in [-0.05, 0) is 6.42 Å². The van der Waals surface area contributed by atoms with Gasteiger partial charge in [0.15, 0.2) is 0 Å². The van der Waals surface area contributed by atoms with Gasteiger partial charge in [-0.15, -0.1) is 0 Å². The molecule has 0 bridgehead atoms. The van der Waals surface area contributed by atoms with Crippen LogP contribution in [0.4, 0.5) is 4.39 Å². The predicted octanol–water partition coefficient (Wildman–Crippen LogP) is 0.743. The molecule has 0 radical (unpaired) electrons. The fourth-order valence-corrected chi connectivity index (χ4v) is 1.15. The molecule has 0 aromatic heterocycles. The van der Waals surface area contributed by atoms with E-state index in [1.54, 1.807) is 0 Å². The average Bonchev–Trinajstić information content (AvgIpc) is 2.13. The van der Waals surface area contributed by atoms with E-state index in [0.29, 0.717) is 26.1 Å². The Hall–Kier alpha value is -0.150. The molecule has 0 saturated carbocycles. The number of aliphatic hydroxyl groups is 1. The third-order valence-electron chi connectivity index (χ3n) is 1.92. The van der Waals surface area contributed by atoms with Crippen molar-refractivity contribution in [3.05, 3.63) is 0 Å². The summed E-state index contributed by atoms with van der Waals surface area (Å²) < 4.78 is 17.9. The number of ether oxygens (including phenoxy) is 1. The van der Waals surface area contributed by atoms with Gasteiger partial charge in [-0.2, -0.15) is 0 Å². The molecule has 0 aromatic carbocycles. The quantitative estimate of drug-likeness (QED) is 0.594. The van der Waals surface area contributed by atoms with E-state index >= 15 is 0 Å². The lowest BCUT2D eigenvalue weighted by molar-refractivity contribution is 0.132. The minimum absolute atomic E-state index is 0.0511. The van der Waals surface area contributed by atoms with Gasteiger partial charge in [-0.25, -0.2) is 4.39 Å². The Morgan fingerprint density at radius 3 is 2.80 bits per heavy atom. The first-order valence-electron chi connectivity index (χ1n) is 3.67. The van der Waals surface area contributed by atoms with E-state index in [1.807, 2.05) is 0 Å². The summed E-state index contributed by atoms with van der Waals surface area (Å²) in [5.74, 6) is -0.192. The Bertz CT molecular complexity index is 97.6. The van der Waals surface area contributed by atoms with Crippen molar-refractivity contribution in [3.8, 4) is 0 Å².